The molecule has 2 aliphatic rings. The quantitative estimate of drug-likeness (QED) is 0.778. The second-order valence-electron chi connectivity index (χ2n) is 5.09. The van der Waals surface area contributed by atoms with Crippen LogP contribution in [0.2, 0.25) is 0 Å². The first-order valence-corrected chi connectivity index (χ1v) is 6.43. The van der Waals surface area contributed by atoms with Gasteiger partial charge in [0, 0.05) is 13.1 Å². The Morgan fingerprint density at radius 3 is 2.56 bits per heavy atom. The van der Waals surface area contributed by atoms with E-state index in [0.717, 1.165) is 25.7 Å². The van der Waals surface area contributed by atoms with E-state index in [4.69, 9.17) is 9.84 Å². The summed E-state index contributed by atoms with van der Waals surface area (Å²) in [5, 5.41) is 11.8. The molecule has 6 heteroatoms. The van der Waals surface area contributed by atoms with E-state index in [-0.39, 0.29) is 25.3 Å². The number of nitrogens with zero attached hydrogens (tertiary/aromatic N) is 1. The number of carboxylic acids is 1. The van der Waals surface area contributed by atoms with Crippen molar-refractivity contribution in [1.82, 2.24) is 10.2 Å². The van der Waals surface area contributed by atoms with E-state index in [2.05, 4.69) is 5.32 Å². The zero-order valence-corrected chi connectivity index (χ0v) is 10.6. The van der Waals surface area contributed by atoms with E-state index < -0.39 is 17.9 Å². The number of amides is 2. The van der Waals surface area contributed by atoms with Crippen LogP contribution >= 0.6 is 0 Å². The van der Waals surface area contributed by atoms with E-state index in [1.165, 1.54) is 0 Å². The molecule has 1 saturated heterocycles. The first kappa shape index (κ1) is 13.1. The Kier molecular flexibility index (Phi) is 4.06. The standard InChI is InChI=1S/C12H20N2O4/c1-14(8-4-2-3-5-8)12(17)13-10-7-18-6-9(10)11(15)16/h8-10H,2-7H2,1H3,(H,13,17)(H,15,16). The van der Waals surface area contributed by atoms with Gasteiger partial charge in [0.05, 0.1) is 19.3 Å². The van der Waals surface area contributed by atoms with Gasteiger partial charge in [-0.05, 0) is 12.8 Å². The fourth-order valence-corrected chi connectivity index (χ4v) is 2.66. The molecule has 0 aromatic rings. The number of carboxylic acid groups (broad SMARTS) is 1. The molecule has 0 aromatic carbocycles. The number of nitrogens with one attached hydrogen (secondary N) is 1. The van der Waals surface area contributed by atoms with Crippen molar-refractivity contribution in [2.24, 2.45) is 5.92 Å². The fourth-order valence-electron chi connectivity index (χ4n) is 2.66. The molecule has 2 N–H and O–H groups in total. The van der Waals surface area contributed by atoms with Gasteiger partial charge in [-0.1, -0.05) is 12.8 Å². The topological polar surface area (TPSA) is 78.9 Å². The monoisotopic (exact) mass is 256 g/mol. The van der Waals surface area contributed by atoms with Crippen LogP contribution in [0.3, 0.4) is 0 Å². The predicted octanol–water partition coefficient (Wildman–Crippen LogP) is 0.670. The van der Waals surface area contributed by atoms with Gasteiger partial charge in [0.25, 0.3) is 0 Å². The van der Waals surface area contributed by atoms with E-state index >= 15 is 0 Å². The molecule has 2 unspecified atom stereocenters. The minimum Gasteiger partial charge on any atom is -0.481 e. The molecule has 1 heterocycles. The summed E-state index contributed by atoms with van der Waals surface area (Å²) < 4.78 is 5.12. The maximum Gasteiger partial charge on any atom is 0.317 e. The van der Waals surface area contributed by atoms with Crippen LogP contribution in [0.4, 0.5) is 4.79 Å². The van der Waals surface area contributed by atoms with Gasteiger partial charge in [0.2, 0.25) is 0 Å². The Balaban J connectivity index is 1.88. The smallest absolute Gasteiger partial charge is 0.317 e. The number of carbonyl (C=O) groups excluding carboxylic acids is 1. The SMILES string of the molecule is CN(C(=O)NC1COCC1C(=O)O)C1CCCC1. The van der Waals surface area contributed by atoms with Crippen molar-refractivity contribution < 1.29 is 19.4 Å². The zero-order chi connectivity index (χ0) is 13.1. The molecule has 2 fully saturated rings. The third-order valence-electron chi connectivity index (χ3n) is 3.90. The number of carbonyl (C=O) groups is 2. The van der Waals surface area contributed by atoms with E-state index in [1.54, 1.807) is 11.9 Å². The van der Waals surface area contributed by atoms with Crippen LogP contribution in [0.5, 0.6) is 0 Å². The summed E-state index contributed by atoms with van der Waals surface area (Å²) in [6.45, 7) is 0.453. The first-order chi connectivity index (χ1) is 8.59. The summed E-state index contributed by atoms with van der Waals surface area (Å²) in [4.78, 5) is 24.7. The summed E-state index contributed by atoms with van der Waals surface area (Å²) >= 11 is 0. The van der Waals surface area contributed by atoms with Crippen molar-refractivity contribution in [3.8, 4) is 0 Å². The molecule has 0 aromatic heterocycles. The Morgan fingerprint density at radius 2 is 1.94 bits per heavy atom. The molecule has 2 rings (SSSR count). The van der Waals surface area contributed by atoms with Gasteiger partial charge in [-0.25, -0.2) is 4.79 Å². The molecule has 2 atom stereocenters. The lowest BCUT2D eigenvalue weighted by molar-refractivity contribution is -0.142. The summed E-state index contributed by atoms with van der Waals surface area (Å²) in [5.41, 5.74) is 0. The Hall–Kier alpha value is -1.30. The van der Waals surface area contributed by atoms with Crippen LogP contribution in [-0.2, 0) is 9.53 Å². The number of hydrogen-bond acceptors (Lipinski definition) is 3. The number of rotatable bonds is 3. The molecule has 0 spiro atoms. The van der Waals surface area contributed by atoms with Gasteiger partial charge in [-0.15, -0.1) is 0 Å². The average Bonchev–Trinajstić information content (AvgIpc) is 2.98. The maximum absolute atomic E-state index is 12.0. The average molecular weight is 256 g/mol. The number of aliphatic carboxylic acids is 1. The highest BCUT2D eigenvalue weighted by atomic mass is 16.5. The Morgan fingerprint density at radius 1 is 1.28 bits per heavy atom. The van der Waals surface area contributed by atoms with Crippen LogP contribution in [0.25, 0.3) is 0 Å². The molecule has 102 valence electrons. The van der Waals surface area contributed by atoms with Gasteiger partial charge in [-0.2, -0.15) is 0 Å². The van der Waals surface area contributed by atoms with Gasteiger partial charge < -0.3 is 20.1 Å². The second kappa shape index (κ2) is 5.56. The fraction of sp³-hybridized carbons (Fsp3) is 0.833. The molecule has 1 saturated carbocycles. The van der Waals surface area contributed by atoms with Gasteiger partial charge in [0.15, 0.2) is 0 Å². The van der Waals surface area contributed by atoms with Crippen molar-refractivity contribution in [2.45, 2.75) is 37.8 Å². The van der Waals surface area contributed by atoms with Crippen molar-refractivity contribution in [1.29, 1.82) is 0 Å². The van der Waals surface area contributed by atoms with Gasteiger partial charge in [0.1, 0.15) is 5.92 Å². The lowest BCUT2D eigenvalue weighted by atomic mass is 10.0. The summed E-state index contributed by atoms with van der Waals surface area (Å²) in [6, 6.07) is -0.321. The predicted molar refractivity (Wildman–Crippen MR) is 64.3 cm³/mol. The highest BCUT2D eigenvalue weighted by Crippen LogP contribution is 2.22. The molecule has 1 aliphatic carbocycles. The van der Waals surface area contributed by atoms with Crippen molar-refractivity contribution >= 4 is 12.0 Å². The number of ether oxygens (including phenoxy) is 1. The minimum absolute atomic E-state index is 0.174. The highest BCUT2D eigenvalue weighted by molar-refractivity contribution is 5.77. The van der Waals surface area contributed by atoms with E-state index in [1.807, 2.05) is 0 Å². The third kappa shape index (κ3) is 2.75. The zero-order valence-electron chi connectivity index (χ0n) is 10.6. The third-order valence-corrected chi connectivity index (χ3v) is 3.90. The molecular formula is C12H20N2O4. The first-order valence-electron chi connectivity index (χ1n) is 6.43. The van der Waals surface area contributed by atoms with Gasteiger partial charge >= 0.3 is 12.0 Å². The molecule has 0 radical (unpaired) electrons. The molecule has 18 heavy (non-hydrogen) atoms. The lowest BCUT2D eigenvalue weighted by Crippen LogP contribution is -2.50. The molecule has 6 nitrogen and oxygen atoms in total. The van der Waals surface area contributed by atoms with Gasteiger partial charge in [-0.3, -0.25) is 4.79 Å². The van der Waals surface area contributed by atoms with Crippen LogP contribution in [0.1, 0.15) is 25.7 Å². The minimum atomic E-state index is -0.915. The van der Waals surface area contributed by atoms with Crippen LogP contribution in [0, 0.1) is 5.92 Å². The largest absolute Gasteiger partial charge is 0.481 e. The second-order valence-corrected chi connectivity index (χ2v) is 5.09. The van der Waals surface area contributed by atoms with E-state index in [9.17, 15) is 9.59 Å². The summed E-state index contributed by atoms with van der Waals surface area (Å²) in [5.74, 6) is -1.55. The van der Waals surface area contributed by atoms with Crippen LogP contribution in [0.15, 0.2) is 0 Å². The number of urea groups is 1. The Bertz CT molecular complexity index is 328. The lowest BCUT2D eigenvalue weighted by Gasteiger charge is -2.27. The number of hydrogen-bond donors (Lipinski definition) is 2. The molecule has 0 bridgehead atoms. The molecule has 1 aliphatic heterocycles. The Labute approximate surface area is 106 Å². The molecular weight excluding hydrogens is 236 g/mol. The summed E-state index contributed by atoms with van der Waals surface area (Å²) in [6.07, 6.45) is 4.39. The van der Waals surface area contributed by atoms with Crippen molar-refractivity contribution in [3.05, 3.63) is 0 Å². The van der Waals surface area contributed by atoms with Crippen molar-refractivity contribution in [3.63, 3.8) is 0 Å². The maximum atomic E-state index is 12.0. The summed E-state index contributed by atoms with van der Waals surface area (Å²) in [7, 11) is 1.77. The highest BCUT2D eigenvalue weighted by Gasteiger charge is 2.36. The van der Waals surface area contributed by atoms with Crippen LogP contribution in [-0.4, -0.2) is 54.4 Å². The normalized spacial score (nSPS) is 28.3. The molecule has 2 amide bonds. The van der Waals surface area contributed by atoms with Crippen molar-refractivity contribution in [2.75, 3.05) is 20.3 Å². The van der Waals surface area contributed by atoms with Crippen LogP contribution < -0.4 is 5.32 Å². The van der Waals surface area contributed by atoms with E-state index in [0.29, 0.717) is 0 Å².